The van der Waals surface area contributed by atoms with Crippen molar-refractivity contribution in [1.29, 1.82) is 0 Å². The van der Waals surface area contributed by atoms with E-state index in [2.05, 4.69) is 167 Å². The minimum absolute atomic E-state index is 0.0201. The van der Waals surface area contributed by atoms with Crippen LogP contribution in [-0.2, 0) is 10.8 Å². The van der Waals surface area contributed by atoms with E-state index in [0.717, 1.165) is 99.5 Å². The highest BCUT2D eigenvalue weighted by atomic mass is 19.1. The molecule has 0 aliphatic carbocycles. The molecule has 0 N–H and O–H groups in total. The summed E-state index contributed by atoms with van der Waals surface area (Å²) in [6.07, 6.45) is 0. The summed E-state index contributed by atoms with van der Waals surface area (Å²) in [7, 11) is 0. The van der Waals surface area contributed by atoms with E-state index in [-0.39, 0.29) is 22.5 Å². The number of nitrogens with zero attached hydrogens (tertiary/aromatic N) is 2. The lowest BCUT2D eigenvalue weighted by atomic mass is 9.87. The Morgan fingerprint density at radius 1 is 0.312 bits per heavy atom. The fourth-order valence-corrected chi connectivity index (χ4v) is 9.08. The van der Waals surface area contributed by atoms with Crippen LogP contribution in [0.3, 0.4) is 0 Å². The van der Waals surface area contributed by atoms with E-state index in [0.29, 0.717) is 0 Å². The quantitative estimate of drug-likeness (QED) is 0.167. The number of hydrogen-bond acceptors (Lipinski definition) is 4. The summed E-state index contributed by atoms with van der Waals surface area (Å²) in [5, 5.41) is 8.32. The molecule has 0 amide bonds. The molecule has 0 saturated carbocycles. The number of benzene rings is 9. The maximum atomic E-state index is 14.1. The van der Waals surface area contributed by atoms with Crippen LogP contribution in [0.2, 0.25) is 0 Å². The van der Waals surface area contributed by atoms with Crippen LogP contribution in [-0.4, -0.2) is 0 Å². The molecule has 0 spiro atoms. The molecule has 0 radical (unpaired) electrons. The Labute approximate surface area is 370 Å². The molecule has 314 valence electrons. The summed E-state index contributed by atoms with van der Waals surface area (Å²) in [5.41, 5.74) is 11.2. The summed E-state index contributed by atoms with van der Waals surface area (Å²) in [5.74, 6) is -0.547. The van der Waals surface area contributed by atoms with Crippen molar-refractivity contribution in [2.75, 3.05) is 9.80 Å². The minimum atomic E-state index is -0.273. The second kappa shape index (κ2) is 14.6. The van der Waals surface area contributed by atoms with E-state index in [1.807, 2.05) is 30.3 Å². The predicted octanol–water partition coefficient (Wildman–Crippen LogP) is 17.6. The van der Waals surface area contributed by atoms with Gasteiger partial charge in [-0.2, -0.15) is 0 Å². The molecule has 4 nitrogen and oxygen atoms in total. The molecule has 0 saturated heterocycles. The van der Waals surface area contributed by atoms with Crippen molar-refractivity contribution < 1.29 is 17.6 Å². The average molecular weight is 841 g/mol. The zero-order valence-corrected chi connectivity index (χ0v) is 36.6. The number of anilines is 6. The lowest BCUT2D eigenvalue weighted by Gasteiger charge is -2.27. The van der Waals surface area contributed by atoms with Crippen LogP contribution in [0.4, 0.5) is 42.9 Å². The van der Waals surface area contributed by atoms with Crippen LogP contribution >= 0.6 is 0 Å². The smallest absolute Gasteiger partial charge is 0.139 e. The van der Waals surface area contributed by atoms with Gasteiger partial charge in [-0.05, 0) is 171 Å². The first-order valence-corrected chi connectivity index (χ1v) is 21.8. The summed E-state index contributed by atoms with van der Waals surface area (Å²) in [4.78, 5) is 4.32. The fourth-order valence-electron chi connectivity index (χ4n) is 9.08. The van der Waals surface area contributed by atoms with E-state index in [4.69, 9.17) is 8.83 Å². The molecule has 0 aliphatic rings. The van der Waals surface area contributed by atoms with Gasteiger partial charge in [0, 0.05) is 61.7 Å². The van der Waals surface area contributed by atoms with E-state index >= 15 is 0 Å². The number of furan rings is 2. The Balaban J connectivity index is 0.978. The lowest BCUT2D eigenvalue weighted by Crippen LogP contribution is -2.13. The van der Waals surface area contributed by atoms with Crippen molar-refractivity contribution in [2.45, 2.75) is 52.4 Å². The molecule has 0 aliphatic heterocycles. The zero-order chi connectivity index (χ0) is 44.1. The van der Waals surface area contributed by atoms with Gasteiger partial charge in [-0.25, -0.2) is 8.78 Å². The topological polar surface area (TPSA) is 32.8 Å². The Bertz CT molecular complexity index is 3340. The highest BCUT2D eigenvalue weighted by molar-refractivity contribution is 6.18. The van der Waals surface area contributed by atoms with E-state index in [1.54, 1.807) is 0 Å². The second-order valence-corrected chi connectivity index (χ2v) is 19.0. The van der Waals surface area contributed by atoms with Gasteiger partial charge < -0.3 is 18.6 Å². The van der Waals surface area contributed by atoms with Gasteiger partial charge in [-0.1, -0.05) is 77.9 Å². The Morgan fingerprint density at radius 2 is 0.625 bits per heavy atom. The molecule has 2 heterocycles. The molecule has 0 unspecified atom stereocenters. The third-order valence-electron chi connectivity index (χ3n) is 12.6. The summed E-state index contributed by atoms with van der Waals surface area (Å²) in [6, 6.07) is 56.2. The summed E-state index contributed by atoms with van der Waals surface area (Å²) in [6.45, 7) is 13.2. The maximum Gasteiger partial charge on any atom is 0.139 e. The van der Waals surface area contributed by atoms with Gasteiger partial charge in [0.15, 0.2) is 0 Å². The molecule has 64 heavy (non-hydrogen) atoms. The van der Waals surface area contributed by atoms with Crippen molar-refractivity contribution in [3.63, 3.8) is 0 Å². The molecule has 11 rings (SSSR count). The van der Waals surface area contributed by atoms with Gasteiger partial charge >= 0.3 is 0 Å². The van der Waals surface area contributed by atoms with Gasteiger partial charge in [-0.3, -0.25) is 0 Å². The molecule has 0 bridgehead atoms. The zero-order valence-electron chi connectivity index (χ0n) is 36.6. The Kier molecular flexibility index (Phi) is 8.97. The molecular weight excluding hydrogens is 795 g/mol. The number of halogens is 2. The monoisotopic (exact) mass is 840 g/mol. The van der Waals surface area contributed by atoms with Crippen LogP contribution < -0.4 is 9.80 Å². The number of hydrogen-bond donors (Lipinski definition) is 0. The molecule has 0 fully saturated rings. The van der Waals surface area contributed by atoms with Gasteiger partial charge in [0.05, 0.1) is 0 Å². The molecule has 11 aromatic rings. The van der Waals surface area contributed by atoms with Gasteiger partial charge in [-0.15, -0.1) is 0 Å². The third kappa shape index (κ3) is 6.90. The van der Waals surface area contributed by atoms with Crippen molar-refractivity contribution >= 4 is 99.5 Å². The molecule has 0 atom stereocenters. The largest absolute Gasteiger partial charge is 0.456 e. The van der Waals surface area contributed by atoms with E-state index in [1.165, 1.54) is 35.4 Å². The van der Waals surface area contributed by atoms with Gasteiger partial charge in [0.25, 0.3) is 0 Å². The second-order valence-electron chi connectivity index (χ2n) is 19.0. The standard InChI is InChI=1S/C58H46F2N2O2/c1-57(2,3)39-9-19-43(20-10-39)61(45-23-13-41(59)14-24-45)47-17-7-35-29-49-51-33-52-50-30-36-8-18-48(28-38(36)32-54(50)64-56(52)34-55(51)63-53(49)31-37(35)27-47)62(46-25-15-42(60)16-26-46)44-21-11-40(12-22-44)58(4,5)6/h7-34H,1-6H3. The predicted molar refractivity (Wildman–Crippen MR) is 263 cm³/mol. The first-order valence-electron chi connectivity index (χ1n) is 21.8. The fraction of sp³-hybridized carbons (Fsp3) is 0.138. The normalized spacial score (nSPS) is 12.4. The SMILES string of the molecule is CC(C)(C)c1ccc(N(c2ccc(F)cc2)c2ccc3cc4c(cc3c2)oc2cc3oc5cc6cc(N(c7ccc(F)cc7)c7ccc(C(C)(C)C)cc7)ccc6cc5c3cc24)cc1. The maximum absolute atomic E-state index is 14.1. The van der Waals surface area contributed by atoms with Crippen molar-refractivity contribution in [2.24, 2.45) is 0 Å². The minimum Gasteiger partial charge on any atom is -0.456 e. The van der Waals surface area contributed by atoms with Crippen LogP contribution in [0.15, 0.2) is 179 Å². The van der Waals surface area contributed by atoms with E-state index in [9.17, 15) is 8.78 Å². The van der Waals surface area contributed by atoms with Gasteiger partial charge in [0.1, 0.15) is 34.0 Å². The number of fused-ring (bicyclic) bond motifs is 8. The Hall–Kier alpha value is -7.44. The van der Waals surface area contributed by atoms with Crippen molar-refractivity contribution in [3.8, 4) is 0 Å². The average Bonchev–Trinajstić information content (AvgIpc) is 3.80. The number of rotatable bonds is 6. The molecule has 2 aromatic heterocycles. The van der Waals surface area contributed by atoms with Crippen LogP contribution in [0.5, 0.6) is 0 Å². The Morgan fingerprint density at radius 3 is 0.984 bits per heavy atom. The van der Waals surface area contributed by atoms with Crippen molar-refractivity contribution in [1.82, 2.24) is 0 Å². The van der Waals surface area contributed by atoms with Crippen LogP contribution in [0.1, 0.15) is 52.7 Å². The molecule has 9 aromatic carbocycles. The van der Waals surface area contributed by atoms with Gasteiger partial charge in [0.2, 0.25) is 0 Å². The first kappa shape index (κ1) is 39.4. The summed E-state index contributed by atoms with van der Waals surface area (Å²) < 4.78 is 41.4. The van der Waals surface area contributed by atoms with Crippen LogP contribution in [0, 0.1) is 11.6 Å². The van der Waals surface area contributed by atoms with Crippen LogP contribution in [0.25, 0.3) is 65.4 Å². The summed E-state index contributed by atoms with van der Waals surface area (Å²) >= 11 is 0. The highest BCUT2D eigenvalue weighted by Crippen LogP contribution is 2.43. The third-order valence-corrected chi connectivity index (χ3v) is 12.6. The molecular formula is C58H46F2N2O2. The van der Waals surface area contributed by atoms with E-state index < -0.39 is 0 Å². The van der Waals surface area contributed by atoms with Crippen molar-refractivity contribution in [3.05, 3.63) is 193 Å². The lowest BCUT2D eigenvalue weighted by molar-refractivity contribution is 0.590. The first-order chi connectivity index (χ1) is 30.7. The molecule has 6 heteroatoms. The highest BCUT2D eigenvalue weighted by Gasteiger charge is 2.21.